The van der Waals surface area contributed by atoms with Gasteiger partial charge in [0, 0.05) is 6.04 Å². The van der Waals surface area contributed by atoms with Crippen LogP contribution in [0.15, 0.2) is 18.2 Å². The average Bonchev–Trinajstić information content (AvgIpc) is 2.98. The van der Waals surface area contributed by atoms with Crippen molar-refractivity contribution in [2.24, 2.45) is 23.0 Å². The first-order valence-corrected chi connectivity index (χ1v) is 10.3. The van der Waals surface area contributed by atoms with Crippen molar-refractivity contribution in [3.63, 3.8) is 0 Å². The van der Waals surface area contributed by atoms with Gasteiger partial charge in [-0.1, -0.05) is 13.0 Å². The van der Waals surface area contributed by atoms with E-state index in [1.165, 1.54) is 38.5 Å². The molecule has 2 fully saturated rings. The number of rotatable bonds is 5. The fourth-order valence-corrected chi connectivity index (χ4v) is 6.40. The smallest absolute Gasteiger partial charge is 0.119 e. The molecule has 0 saturated heterocycles. The van der Waals surface area contributed by atoms with Crippen LogP contribution < -0.4 is 15.8 Å². The van der Waals surface area contributed by atoms with Crippen molar-refractivity contribution in [2.45, 2.75) is 63.8 Å². The maximum atomic E-state index is 5.68. The molecule has 0 amide bonds. The van der Waals surface area contributed by atoms with Crippen LogP contribution in [0.5, 0.6) is 5.75 Å². The maximum absolute atomic E-state index is 5.68. The number of methoxy groups -OCH3 is 1. The summed E-state index contributed by atoms with van der Waals surface area (Å²) in [5.74, 6) is 3.55. The molecule has 3 heteroatoms. The highest BCUT2D eigenvalue weighted by Gasteiger charge is 2.54. The van der Waals surface area contributed by atoms with Gasteiger partial charge in [0.25, 0.3) is 0 Å². The molecule has 3 nitrogen and oxygen atoms in total. The maximum Gasteiger partial charge on any atom is 0.119 e. The average molecular weight is 343 g/mol. The number of hydrogen-bond donors (Lipinski definition) is 2. The zero-order valence-electron chi connectivity index (χ0n) is 15.9. The first-order chi connectivity index (χ1) is 12.2. The van der Waals surface area contributed by atoms with Crippen LogP contribution >= 0.6 is 0 Å². The zero-order valence-corrected chi connectivity index (χ0v) is 15.9. The summed E-state index contributed by atoms with van der Waals surface area (Å²) < 4.78 is 5.45. The Morgan fingerprint density at radius 3 is 2.92 bits per heavy atom. The van der Waals surface area contributed by atoms with Gasteiger partial charge >= 0.3 is 0 Å². The highest BCUT2D eigenvalue weighted by molar-refractivity contribution is 5.40. The van der Waals surface area contributed by atoms with E-state index in [4.69, 9.17) is 10.5 Å². The zero-order chi connectivity index (χ0) is 17.4. The highest BCUT2D eigenvalue weighted by Crippen LogP contribution is 2.60. The van der Waals surface area contributed by atoms with Gasteiger partial charge in [0.2, 0.25) is 0 Å². The molecular formula is C22H34N2O. The van der Waals surface area contributed by atoms with Crippen molar-refractivity contribution in [1.29, 1.82) is 0 Å². The molecule has 1 aromatic carbocycles. The van der Waals surface area contributed by atoms with Crippen molar-refractivity contribution in [3.8, 4) is 5.75 Å². The number of fused-ring (bicyclic) bond motifs is 5. The van der Waals surface area contributed by atoms with Crippen LogP contribution in [-0.4, -0.2) is 26.2 Å². The second kappa shape index (κ2) is 6.92. The number of nitrogens with two attached hydrogens (primary N) is 1. The summed E-state index contributed by atoms with van der Waals surface area (Å²) in [5, 5.41) is 3.86. The Labute approximate surface area is 152 Å². The van der Waals surface area contributed by atoms with E-state index >= 15 is 0 Å². The van der Waals surface area contributed by atoms with Gasteiger partial charge in [0.05, 0.1) is 7.11 Å². The minimum Gasteiger partial charge on any atom is -0.497 e. The van der Waals surface area contributed by atoms with E-state index in [2.05, 4.69) is 30.4 Å². The molecule has 0 aromatic heterocycles. The van der Waals surface area contributed by atoms with Crippen LogP contribution in [0.3, 0.4) is 0 Å². The molecule has 0 unspecified atom stereocenters. The molecule has 0 spiro atoms. The lowest BCUT2D eigenvalue weighted by Crippen LogP contribution is -2.49. The van der Waals surface area contributed by atoms with E-state index in [9.17, 15) is 0 Å². The summed E-state index contributed by atoms with van der Waals surface area (Å²) in [6.45, 7) is 4.45. The monoisotopic (exact) mass is 342 g/mol. The molecule has 5 atom stereocenters. The predicted molar refractivity (Wildman–Crippen MR) is 103 cm³/mol. The minimum absolute atomic E-state index is 0.486. The predicted octanol–water partition coefficient (Wildman–Crippen LogP) is 3.86. The van der Waals surface area contributed by atoms with E-state index in [1.54, 1.807) is 18.2 Å². The summed E-state index contributed by atoms with van der Waals surface area (Å²) in [5.41, 5.74) is 9.33. The summed E-state index contributed by atoms with van der Waals surface area (Å²) in [6, 6.07) is 7.51. The number of benzene rings is 1. The molecule has 3 aliphatic carbocycles. The SMILES string of the molecule is COc1ccc2c(c1)CC[C@@H]1[C@@H]2CC[C@]2(C)[C@@H](NCCCN)CC[C@@H]12. The first kappa shape index (κ1) is 17.4. The third-order valence-corrected chi connectivity index (χ3v) is 7.71. The normalized spacial score (nSPS) is 36.4. The second-order valence-electron chi connectivity index (χ2n) is 8.75. The number of ether oxygens (including phenoxy) is 1. The molecule has 1 aromatic rings. The van der Waals surface area contributed by atoms with Gasteiger partial charge in [-0.15, -0.1) is 0 Å². The number of hydrogen-bond acceptors (Lipinski definition) is 3. The third-order valence-electron chi connectivity index (χ3n) is 7.71. The molecule has 2 saturated carbocycles. The van der Waals surface area contributed by atoms with E-state index in [0.717, 1.165) is 43.0 Å². The van der Waals surface area contributed by atoms with Crippen molar-refractivity contribution >= 4 is 0 Å². The minimum atomic E-state index is 0.486. The van der Waals surface area contributed by atoms with Crippen LogP contribution in [-0.2, 0) is 6.42 Å². The largest absolute Gasteiger partial charge is 0.497 e. The van der Waals surface area contributed by atoms with Gasteiger partial charge in [-0.05, 0) is 104 Å². The van der Waals surface area contributed by atoms with E-state index in [-0.39, 0.29) is 0 Å². The Balaban J connectivity index is 1.53. The van der Waals surface area contributed by atoms with E-state index in [1.807, 2.05) is 0 Å². The molecule has 0 aliphatic heterocycles. The molecule has 0 radical (unpaired) electrons. The molecule has 138 valence electrons. The molecule has 4 rings (SSSR count). The van der Waals surface area contributed by atoms with Gasteiger partial charge in [0.15, 0.2) is 0 Å². The lowest BCUT2D eigenvalue weighted by Gasteiger charge is -2.51. The van der Waals surface area contributed by atoms with Crippen molar-refractivity contribution in [2.75, 3.05) is 20.2 Å². The van der Waals surface area contributed by atoms with Gasteiger partial charge in [-0.25, -0.2) is 0 Å². The highest BCUT2D eigenvalue weighted by atomic mass is 16.5. The van der Waals surface area contributed by atoms with Crippen LogP contribution in [0.2, 0.25) is 0 Å². The summed E-state index contributed by atoms with van der Waals surface area (Å²) in [4.78, 5) is 0. The molecule has 0 bridgehead atoms. The number of aryl methyl sites for hydroxylation is 1. The van der Waals surface area contributed by atoms with Crippen molar-refractivity contribution in [3.05, 3.63) is 29.3 Å². The fraction of sp³-hybridized carbons (Fsp3) is 0.727. The quantitative estimate of drug-likeness (QED) is 0.799. The molecule has 25 heavy (non-hydrogen) atoms. The second-order valence-corrected chi connectivity index (χ2v) is 8.75. The Hall–Kier alpha value is -1.06. The number of nitrogens with one attached hydrogen (secondary N) is 1. The molecule has 3 aliphatic rings. The van der Waals surface area contributed by atoms with Crippen LogP contribution in [0, 0.1) is 17.3 Å². The van der Waals surface area contributed by atoms with Crippen molar-refractivity contribution in [1.82, 2.24) is 5.32 Å². The summed E-state index contributed by atoms with van der Waals surface area (Å²) in [7, 11) is 1.77. The summed E-state index contributed by atoms with van der Waals surface area (Å²) >= 11 is 0. The van der Waals surface area contributed by atoms with Gasteiger partial charge < -0.3 is 15.8 Å². The third kappa shape index (κ3) is 2.90. The molecule has 0 heterocycles. The van der Waals surface area contributed by atoms with Crippen LogP contribution in [0.4, 0.5) is 0 Å². The Morgan fingerprint density at radius 2 is 2.12 bits per heavy atom. The molecule has 3 N–H and O–H groups in total. The lowest BCUT2D eigenvalue weighted by molar-refractivity contribution is 0.0413. The Morgan fingerprint density at radius 1 is 1.24 bits per heavy atom. The van der Waals surface area contributed by atoms with Crippen molar-refractivity contribution < 1.29 is 4.74 Å². The fourth-order valence-electron chi connectivity index (χ4n) is 6.40. The van der Waals surface area contributed by atoms with E-state index in [0.29, 0.717) is 11.5 Å². The van der Waals surface area contributed by atoms with E-state index < -0.39 is 0 Å². The topological polar surface area (TPSA) is 47.3 Å². The standard InChI is InChI=1S/C22H34N2O/c1-22-11-10-18-17-7-5-16(25-2)14-15(17)4-6-19(18)20(22)8-9-21(22)24-13-3-12-23/h5,7,14,18-21,24H,3-4,6,8-13,23H2,1-2H3/t18-,19-,20+,21+,22+/m1/s1. The summed E-state index contributed by atoms with van der Waals surface area (Å²) in [6.07, 6.45) is 9.16. The van der Waals surface area contributed by atoms with Crippen LogP contribution in [0.1, 0.15) is 62.5 Å². The molecular weight excluding hydrogens is 308 g/mol. The Kier molecular flexibility index (Phi) is 4.81. The van der Waals surface area contributed by atoms with Crippen LogP contribution in [0.25, 0.3) is 0 Å². The van der Waals surface area contributed by atoms with Gasteiger partial charge in [0.1, 0.15) is 5.75 Å². The van der Waals surface area contributed by atoms with Gasteiger partial charge in [-0.3, -0.25) is 0 Å². The van der Waals surface area contributed by atoms with Gasteiger partial charge in [-0.2, -0.15) is 0 Å². The Bertz CT molecular complexity index is 616. The first-order valence-electron chi connectivity index (χ1n) is 10.3. The lowest BCUT2D eigenvalue weighted by atomic mass is 9.55.